The van der Waals surface area contributed by atoms with Gasteiger partial charge in [-0.3, -0.25) is 9.59 Å². The highest BCUT2D eigenvalue weighted by molar-refractivity contribution is 6.20. The van der Waals surface area contributed by atoms with Crippen LogP contribution in [0.2, 0.25) is 0 Å². The van der Waals surface area contributed by atoms with Gasteiger partial charge < -0.3 is 9.57 Å². The molecule has 0 saturated carbocycles. The van der Waals surface area contributed by atoms with Crippen molar-refractivity contribution in [2.75, 3.05) is 6.61 Å². The Morgan fingerprint density at radius 3 is 2.09 bits per heavy atom. The van der Waals surface area contributed by atoms with E-state index in [-0.39, 0.29) is 16.9 Å². The molecule has 0 radical (unpaired) electrons. The van der Waals surface area contributed by atoms with Gasteiger partial charge in [-0.2, -0.15) is 0 Å². The fourth-order valence-corrected chi connectivity index (χ4v) is 2.05. The van der Waals surface area contributed by atoms with Crippen LogP contribution in [0, 0.1) is 5.82 Å². The SMILES string of the molecule is O=C(COc1ccc(F)cc1)ON1C(=O)c2ccccc2C1=O. The highest BCUT2D eigenvalue weighted by atomic mass is 19.1. The molecule has 1 aliphatic heterocycles. The molecular formula is C16H10FNO5. The van der Waals surface area contributed by atoms with Gasteiger partial charge in [0.05, 0.1) is 11.1 Å². The van der Waals surface area contributed by atoms with Crippen molar-refractivity contribution in [2.24, 2.45) is 0 Å². The van der Waals surface area contributed by atoms with Crippen molar-refractivity contribution in [3.8, 4) is 5.75 Å². The first kappa shape index (κ1) is 14.7. The molecule has 0 aliphatic carbocycles. The molecule has 0 spiro atoms. The lowest BCUT2D eigenvalue weighted by Gasteiger charge is -2.13. The summed E-state index contributed by atoms with van der Waals surface area (Å²) < 4.78 is 17.8. The average molecular weight is 315 g/mol. The summed E-state index contributed by atoms with van der Waals surface area (Å²) in [7, 11) is 0. The lowest BCUT2D eigenvalue weighted by atomic mass is 10.1. The Morgan fingerprint density at radius 1 is 0.957 bits per heavy atom. The number of nitrogens with zero attached hydrogens (tertiary/aromatic N) is 1. The van der Waals surface area contributed by atoms with Gasteiger partial charge in [-0.05, 0) is 36.4 Å². The van der Waals surface area contributed by atoms with E-state index < -0.39 is 30.2 Å². The summed E-state index contributed by atoms with van der Waals surface area (Å²) in [6.07, 6.45) is 0. The van der Waals surface area contributed by atoms with Gasteiger partial charge in [-0.1, -0.05) is 17.2 Å². The number of hydrogen-bond acceptors (Lipinski definition) is 5. The number of hydroxylamine groups is 2. The molecular weight excluding hydrogens is 305 g/mol. The highest BCUT2D eigenvalue weighted by Gasteiger charge is 2.38. The van der Waals surface area contributed by atoms with Crippen molar-refractivity contribution in [2.45, 2.75) is 0 Å². The van der Waals surface area contributed by atoms with Crippen molar-refractivity contribution in [1.29, 1.82) is 0 Å². The second-order valence-electron chi connectivity index (χ2n) is 4.66. The van der Waals surface area contributed by atoms with E-state index in [0.29, 0.717) is 5.06 Å². The van der Waals surface area contributed by atoms with E-state index in [9.17, 15) is 18.8 Å². The molecule has 1 aliphatic rings. The number of imide groups is 1. The summed E-state index contributed by atoms with van der Waals surface area (Å²) in [6.45, 7) is -0.529. The van der Waals surface area contributed by atoms with Crippen LogP contribution in [0.15, 0.2) is 48.5 Å². The van der Waals surface area contributed by atoms with Crippen LogP contribution in [0.25, 0.3) is 0 Å². The molecule has 0 unspecified atom stereocenters. The Bertz CT molecular complexity index is 752. The Morgan fingerprint density at radius 2 is 1.52 bits per heavy atom. The smallest absolute Gasteiger partial charge is 0.370 e. The average Bonchev–Trinajstić information content (AvgIpc) is 2.80. The van der Waals surface area contributed by atoms with Crippen LogP contribution in [-0.4, -0.2) is 29.5 Å². The van der Waals surface area contributed by atoms with Crippen LogP contribution in [0.4, 0.5) is 4.39 Å². The van der Waals surface area contributed by atoms with E-state index in [2.05, 4.69) is 0 Å². The zero-order valence-electron chi connectivity index (χ0n) is 11.7. The summed E-state index contributed by atoms with van der Waals surface area (Å²) in [4.78, 5) is 40.5. The van der Waals surface area contributed by atoms with Gasteiger partial charge in [0.1, 0.15) is 11.6 Å². The molecule has 1 heterocycles. The van der Waals surface area contributed by atoms with Crippen molar-refractivity contribution < 1.29 is 28.3 Å². The lowest BCUT2D eigenvalue weighted by molar-refractivity contribution is -0.170. The normalized spacial score (nSPS) is 13.0. The van der Waals surface area contributed by atoms with Crippen LogP contribution < -0.4 is 4.74 Å². The molecule has 0 bridgehead atoms. The van der Waals surface area contributed by atoms with E-state index >= 15 is 0 Å². The Labute approximate surface area is 130 Å². The zero-order chi connectivity index (χ0) is 16.4. The number of amides is 2. The molecule has 23 heavy (non-hydrogen) atoms. The van der Waals surface area contributed by atoms with Gasteiger partial charge in [0.2, 0.25) is 0 Å². The first-order valence-electron chi connectivity index (χ1n) is 6.63. The van der Waals surface area contributed by atoms with Crippen molar-refractivity contribution in [3.05, 3.63) is 65.5 Å². The van der Waals surface area contributed by atoms with E-state index in [1.807, 2.05) is 0 Å². The highest BCUT2D eigenvalue weighted by Crippen LogP contribution is 2.22. The van der Waals surface area contributed by atoms with Gasteiger partial charge in [-0.25, -0.2) is 9.18 Å². The first-order chi connectivity index (χ1) is 11.1. The molecule has 3 rings (SSSR count). The third kappa shape index (κ3) is 2.89. The van der Waals surface area contributed by atoms with Crippen LogP contribution in [0.5, 0.6) is 5.75 Å². The van der Waals surface area contributed by atoms with E-state index in [4.69, 9.17) is 9.57 Å². The number of rotatable bonds is 4. The maximum atomic E-state index is 12.7. The van der Waals surface area contributed by atoms with E-state index in [1.165, 1.54) is 36.4 Å². The summed E-state index contributed by atoms with van der Waals surface area (Å²) >= 11 is 0. The van der Waals surface area contributed by atoms with Crippen LogP contribution in [0.1, 0.15) is 20.7 Å². The number of carbonyl (C=O) groups is 3. The second kappa shape index (κ2) is 5.88. The van der Waals surface area contributed by atoms with Crippen molar-refractivity contribution in [3.63, 3.8) is 0 Å². The summed E-state index contributed by atoms with van der Waals surface area (Å²) in [5, 5.41) is 0.404. The molecule has 2 amide bonds. The summed E-state index contributed by atoms with van der Waals surface area (Å²) in [5.41, 5.74) is 0.342. The van der Waals surface area contributed by atoms with E-state index in [1.54, 1.807) is 12.1 Å². The number of fused-ring (bicyclic) bond motifs is 1. The monoisotopic (exact) mass is 315 g/mol. The number of hydrogen-bond donors (Lipinski definition) is 0. The fourth-order valence-electron chi connectivity index (χ4n) is 2.05. The van der Waals surface area contributed by atoms with Crippen LogP contribution >= 0.6 is 0 Å². The topological polar surface area (TPSA) is 72.9 Å². The number of ether oxygens (including phenoxy) is 1. The molecule has 0 saturated heterocycles. The first-order valence-corrected chi connectivity index (χ1v) is 6.63. The van der Waals surface area contributed by atoms with Crippen molar-refractivity contribution in [1.82, 2.24) is 5.06 Å². The molecule has 0 atom stereocenters. The minimum atomic E-state index is -0.927. The molecule has 2 aromatic carbocycles. The van der Waals surface area contributed by atoms with Gasteiger partial charge in [-0.15, -0.1) is 0 Å². The van der Waals surface area contributed by atoms with Gasteiger partial charge in [0.25, 0.3) is 11.8 Å². The van der Waals surface area contributed by atoms with Crippen LogP contribution in [0.3, 0.4) is 0 Å². The third-order valence-electron chi connectivity index (χ3n) is 3.12. The van der Waals surface area contributed by atoms with Crippen LogP contribution in [-0.2, 0) is 9.63 Å². The maximum Gasteiger partial charge on any atom is 0.370 e. The molecule has 2 aromatic rings. The Kier molecular flexibility index (Phi) is 3.76. The molecule has 0 fully saturated rings. The Balaban J connectivity index is 1.62. The Hall–Kier alpha value is -3.22. The van der Waals surface area contributed by atoms with Gasteiger partial charge in [0, 0.05) is 0 Å². The quantitative estimate of drug-likeness (QED) is 0.806. The third-order valence-corrected chi connectivity index (χ3v) is 3.12. The lowest BCUT2D eigenvalue weighted by Crippen LogP contribution is -2.34. The minimum absolute atomic E-state index is 0.171. The molecule has 7 heteroatoms. The largest absolute Gasteiger partial charge is 0.482 e. The summed E-state index contributed by atoms with van der Waals surface area (Å²) in [6, 6.07) is 11.2. The number of benzene rings is 2. The predicted octanol–water partition coefficient (Wildman–Crippen LogP) is 1.96. The second-order valence-corrected chi connectivity index (χ2v) is 4.66. The molecule has 6 nitrogen and oxygen atoms in total. The standard InChI is InChI=1S/C16H10FNO5/c17-10-5-7-11(8-6-10)22-9-14(19)23-18-15(20)12-3-1-2-4-13(12)16(18)21/h1-8H,9H2. The number of halogens is 1. The minimum Gasteiger partial charge on any atom is -0.482 e. The van der Waals surface area contributed by atoms with Crippen molar-refractivity contribution >= 4 is 17.8 Å². The van der Waals surface area contributed by atoms with E-state index in [0.717, 1.165) is 0 Å². The number of carbonyl (C=O) groups excluding carboxylic acids is 3. The summed E-state index contributed by atoms with van der Waals surface area (Å²) in [5.74, 6) is -2.53. The zero-order valence-corrected chi connectivity index (χ0v) is 11.7. The van der Waals surface area contributed by atoms with Gasteiger partial charge >= 0.3 is 5.97 Å². The van der Waals surface area contributed by atoms with Gasteiger partial charge in [0.15, 0.2) is 6.61 Å². The molecule has 0 N–H and O–H groups in total. The fraction of sp³-hybridized carbons (Fsp3) is 0.0625. The maximum absolute atomic E-state index is 12.7. The molecule has 116 valence electrons. The predicted molar refractivity (Wildman–Crippen MR) is 74.9 cm³/mol. The molecule has 0 aromatic heterocycles.